The van der Waals surface area contributed by atoms with Crippen LogP contribution in [-0.2, 0) is 10.3 Å². The first-order valence-electron chi connectivity index (χ1n) is 6.52. The summed E-state index contributed by atoms with van der Waals surface area (Å²) in [5, 5.41) is 21.0. The standard InChI is InChI=1S/C12H18N4O2/c1-12(2,11(17)18)16-10(13-14-15-16)9-6-7-3-4-8(9)5-7/h7-9H,3-6H2,1-2H3,(H,17,18). The van der Waals surface area contributed by atoms with Gasteiger partial charge in [0, 0.05) is 5.92 Å². The molecule has 3 atom stereocenters. The van der Waals surface area contributed by atoms with E-state index in [-0.39, 0.29) is 0 Å². The van der Waals surface area contributed by atoms with E-state index in [1.54, 1.807) is 13.8 Å². The molecule has 3 unspecified atom stereocenters. The molecule has 0 aromatic carbocycles. The Hall–Kier alpha value is -1.46. The van der Waals surface area contributed by atoms with Gasteiger partial charge in [-0.3, -0.25) is 0 Å². The van der Waals surface area contributed by atoms with Gasteiger partial charge < -0.3 is 5.11 Å². The maximum absolute atomic E-state index is 11.3. The minimum atomic E-state index is -1.08. The van der Waals surface area contributed by atoms with Gasteiger partial charge in [-0.25, -0.2) is 9.48 Å². The van der Waals surface area contributed by atoms with Crippen molar-refractivity contribution >= 4 is 5.97 Å². The summed E-state index contributed by atoms with van der Waals surface area (Å²) in [5.41, 5.74) is -1.08. The molecule has 1 N–H and O–H groups in total. The minimum absolute atomic E-state index is 0.345. The fourth-order valence-electron chi connectivity index (χ4n) is 3.47. The summed E-state index contributed by atoms with van der Waals surface area (Å²) < 4.78 is 1.50. The van der Waals surface area contributed by atoms with Crippen molar-refractivity contribution in [1.29, 1.82) is 0 Å². The first-order chi connectivity index (χ1) is 8.50. The number of rotatable bonds is 3. The lowest BCUT2D eigenvalue weighted by Gasteiger charge is -2.26. The van der Waals surface area contributed by atoms with Crippen molar-refractivity contribution in [2.24, 2.45) is 11.8 Å². The molecule has 2 saturated carbocycles. The predicted molar refractivity (Wildman–Crippen MR) is 63.0 cm³/mol. The molecule has 2 aliphatic rings. The van der Waals surface area contributed by atoms with Crippen LogP contribution in [0.5, 0.6) is 0 Å². The largest absolute Gasteiger partial charge is 0.479 e. The van der Waals surface area contributed by atoms with Crippen molar-refractivity contribution in [3.8, 4) is 0 Å². The molecule has 3 rings (SSSR count). The number of tetrazole rings is 1. The minimum Gasteiger partial charge on any atom is -0.479 e. The average Bonchev–Trinajstić information content (AvgIpc) is 3.04. The number of fused-ring (bicyclic) bond motifs is 2. The van der Waals surface area contributed by atoms with E-state index in [1.807, 2.05) is 0 Å². The van der Waals surface area contributed by atoms with E-state index in [0.717, 1.165) is 18.2 Å². The third-order valence-electron chi connectivity index (χ3n) is 4.62. The Morgan fingerprint density at radius 3 is 2.72 bits per heavy atom. The highest BCUT2D eigenvalue weighted by Crippen LogP contribution is 2.52. The number of hydrogen-bond acceptors (Lipinski definition) is 4. The van der Waals surface area contributed by atoms with Crippen LogP contribution < -0.4 is 0 Å². The van der Waals surface area contributed by atoms with Crippen LogP contribution >= 0.6 is 0 Å². The highest BCUT2D eigenvalue weighted by Gasteiger charge is 2.45. The number of carbonyl (C=O) groups is 1. The summed E-state index contributed by atoms with van der Waals surface area (Å²) in [6.45, 7) is 3.28. The van der Waals surface area contributed by atoms with Crippen molar-refractivity contribution in [3.63, 3.8) is 0 Å². The van der Waals surface area contributed by atoms with Gasteiger partial charge in [0.1, 0.15) is 0 Å². The fourth-order valence-corrected chi connectivity index (χ4v) is 3.47. The number of nitrogens with zero attached hydrogens (tertiary/aromatic N) is 4. The molecule has 6 heteroatoms. The molecular formula is C12H18N4O2. The van der Waals surface area contributed by atoms with Gasteiger partial charge in [0.2, 0.25) is 0 Å². The molecule has 1 aromatic rings. The van der Waals surface area contributed by atoms with E-state index in [2.05, 4.69) is 15.5 Å². The van der Waals surface area contributed by atoms with Gasteiger partial charge >= 0.3 is 5.97 Å². The molecule has 0 spiro atoms. The van der Waals surface area contributed by atoms with Gasteiger partial charge in [-0.15, -0.1) is 5.10 Å². The Kier molecular flexibility index (Phi) is 2.43. The topological polar surface area (TPSA) is 80.9 Å². The maximum Gasteiger partial charge on any atom is 0.331 e. The van der Waals surface area contributed by atoms with E-state index in [4.69, 9.17) is 0 Å². The summed E-state index contributed by atoms with van der Waals surface area (Å²) in [4.78, 5) is 11.3. The second-order valence-electron chi connectivity index (χ2n) is 6.09. The summed E-state index contributed by atoms with van der Waals surface area (Å²) in [7, 11) is 0. The molecule has 1 heterocycles. The Morgan fingerprint density at radius 2 is 2.17 bits per heavy atom. The third kappa shape index (κ3) is 1.54. The molecular weight excluding hydrogens is 232 g/mol. The normalized spacial score (nSPS) is 30.9. The third-order valence-corrected chi connectivity index (χ3v) is 4.62. The average molecular weight is 250 g/mol. The second kappa shape index (κ2) is 3.76. The number of carboxylic acids is 1. The van der Waals surface area contributed by atoms with Crippen molar-refractivity contribution in [3.05, 3.63) is 5.82 Å². The first-order valence-corrected chi connectivity index (χ1v) is 6.52. The molecule has 0 amide bonds. The van der Waals surface area contributed by atoms with Crippen LogP contribution in [0.15, 0.2) is 0 Å². The second-order valence-corrected chi connectivity index (χ2v) is 6.09. The highest BCUT2D eigenvalue weighted by molar-refractivity contribution is 5.75. The van der Waals surface area contributed by atoms with Gasteiger partial charge in [-0.1, -0.05) is 6.42 Å². The number of aromatic nitrogens is 4. The van der Waals surface area contributed by atoms with E-state index in [9.17, 15) is 9.90 Å². The maximum atomic E-state index is 11.3. The fraction of sp³-hybridized carbons (Fsp3) is 0.833. The molecule has 0 saturated heterocycles. The quantitative estimate of drug-likeness (QED) is 0.876. The lowest BCUT2D eigenvalue weighted by Crippen LogP contribution is -2.38. The Balaban J connectivity index is 1.95. The Morgan fingerprint density at radius 1 is 1.39 bits per heavy atom. The van der Waals surface area contributed by atoms with Crippen LogP contribution in [0.1, 0.15) is 51.3 Å². The van der Waals surface area contributed by atoms with Crippen molar-refractivity contribution in [2.45, 2.75) is 51.0 Å². The van der Waals surface area contributed by atoms with Crippen LogP contribution in [0, 0.1) is 11.8 Å². The molecule has 18 heavy (non-hydrogen) atoms. The van der Waals surface area contributed by atoms with Gasteiger partial charge in [0.05, 0.1) is 0 Å². The van der Waals surface area contributed by atoms with E-state index >= 15 is 0 Å². The molecule has 0 radical (unpaired) electrons. The monoisotopic (exact) mass is 250 g/mol. The summed E-state index contributed by atoms with van der Waals surface area (Å²) in [6.07, 6.45) is 4.91. The Labute approximate surface area is 105 Å². The van der Waals surface area contributed by atoms with E-state index < -0.39 is 11.5 Å². The van der Waals surface area contributed by atoms with Crippen LogP contribution in [-0.4, -0.2) is 31.3 Å². The SMILES string of the molecule is CC(C)(C(=O)O)n1nnnc1C1CC2CCC1C2. The van der Waals surface area contributed by atoms with E-state index in [0.29, 0.717) is 11.8 Å². The molecule has 2 bridgehead atoms. The van der Waals surface area contributed by atoms with Crippen LogP contribution in [0.3, 0.4) is 0 Å². The number of aliphatic carboxylic acids is 1. The zero-order chi connectivity index (χ0) is 12.9. The van der Waals surface area contributed by atoms with E-state index in [1.165, 1.54) is 23.9 Å². The Bertz CT molecular complexity index is 482. The lowest BCUT2D eigenvalue weighted by atomic mass is 9.87. The highest BCUT2D eigenvalue weighted by atomic mass is 16.4. The molecule has 0 aliphatic heterocycles. The molecule has 2 aliphatic carbocycles. The zero-order valence-corrected chi connectivity index (χ0v) is 10.7. The van der Waals surface area contributed by atoms with Crippen LogP contribution in [0.25, 0.3) is 0 Å². The molecule has 98 valence electrons. The summed E-state index contributed by atoms with van der Waals surface area (Å²) in [6, 6.07) is 0. The van der Waals surface area contributed by atoms with Gasteiger partial charge in [0.15, 0.2) is 11.4 Å². The van der Waals surface area contributed by atoms with Crippen LogP contribution in [0.4, 0.5) is 0 Å². The van der Waals surface area contributed by atoms with Crippen molar-refractivity contribution < 1.29 is 9.90 Å². The van der Waals surface area contributed by atoms with Crippen molar-refractivity contribution in [1.82, 2.24) is 20.2 Å². The van der Waals surface area contributed by atoms with Gasteiger partial charge in [-0.05, 0) is 55.4 Å². The zero-order valence-electron chi connectivity index (χ0n) is 10.7. The number of hydrogen-bond donors (Lipinski definition) is 1. The molecule has 6 nitrogen and oxygen atoms in total. The van der Waals surface area contributed by atoms with Crippen molar-refractivity contribution in [2.75, 3.05) is 0 Å². The number of carboxylic acid groups (broad SMARTS) is 1. The van der Waals surface area contributed by atoms with Crippen LogP contribution in [0.2, 0.25) is 0 Å². The summed E-state index contributed by atoms with van der Waals surface area (Å²) >= 11 is 0. The smallest absolute Gasteiger partial charge is 0.331 e. The summed E-state index contributed by atoms with van der Waals surface area (Å²) in [5.74, 6) is 1.63. The van der Waals surface area contributed by atoms with Gasteiger partial charge in [0.25, 0.3) is 0 Å². The molecule has 2 fully saturated rings. The first kappa shape index (κ1) is 11.6. The molecule has 1 aromatic heterocycles. The lowest BCUT2D eigenvalue weighted by molar-refractivity contribution is -0.146. The van der Waals surface area contributed by atoms with Gasteiger partial charge in [-0.2, -0.15) is 0 Å². The predicted octanol–water partition coefficient (Wildman–Crippen LogP) is 1.40.